The molecular weight excluding hydrogens is 374 g/mol. The van der Waals surface area contributed by atoms with Crippen molar-refractivity contribution in [2.45, 2.75) is 6.42 Å². The largest absolute Gasteiger partial charge is 0 e. The van der Waals surface area contributed by atoms with Crippen LogP contribution >= 0.6 is 0 Å². The topological polar surface area (TPSA) is 140 Å². The molecule has 0 aromatic heterocycles. The minimum Gasteiger partial charge on any atom is 0 e. The minimum absolute atomic E-state index is 0. The second kappa shape index (κ2) is 426. The maximum Gasteiger partial charge on any atom is 0 e. The van der Waals surface area contributed by atoms with Gasteiger partial charge in [0, 0.05) is 40.0 Å². The Kier molecular flexibility index (Phi) is 1220. The van der Waals surface area contributed by atoms with E-state index in [1.54, 1.807) is 6.08 Å². The third kappa shape index (κ3) is 710. The number of rotatable bonds is 1. The van der Waals surface area contributed by atoms with Crippen LogP contribution in [0, 0.1) is 51.7 Å². The van der Waals surface area contributed by atoms with Crippen molar-refractivity contribution in [2.24, 2.45) is 0 Å². The van der Waals surface area contributed by atoms with Crippen LogP contribution in [0.1, 0.15) is 6.42 Å². The van der Waals surface area contributed by atoms with Gasteiger partial charge in [-0.2, -0.15) is 0 Å². The molecule has 2 radical (unpaired) electrons. The first-order valence-corrected chi connectivity index (χ1v) is 3.31. The third-order valence-corrected chi connectivity index (χ3v) is 0.450. The fourth-order valence-electron chi connectivity index (χ4n) is 0.200. The van der Waals surface area contributed by atoms with Gasteiger partial charge >= 0.3 is 67.8 Å². The van der Waals surface area contributed by atoms with Gasteiger partial charge in [-0.05, 0) is 0 Å². The molecule has 0 rings (SSSR count). The Balaban J connectivity index is -0.0000000128. The fraction of sp³-hybridized carbons (Fsp3) is 0.167. The summed E-state index contributed by atoms with van der Waals surface area (Å²) in [7, 11) is 0. The second-order valence-electron chi connectivity index (χ2n) is 1.00. The standard InChI is InChI=1S/C6H8O.6CO.2Co/c1-2-3-4-5-6-7;6*1-2;;/h2,7H,1,3,6H2;;;;;;;;. The van der Waals surface area contributed by atoms with E-state index in [0.29, 0.717) is 6.42 Å². The zero-order chi connectivity index (χ0) is 17.5. The summed E-state index contributed by atoms with van der Waals surface area (Å²) >= 11 is 0. The van der Waals surface area contributed by atoms with Crippen LogP contribution < -0.4 is 0 Å². The van der Waals surface area contributed by atoms with Crippen LogP contribution in [-0.2, 0) is 61.5 Å². The number of aliphatic hydroxyl groups is 1. The Labute approximate surface area is 144 Å². The predicted molar refractivity (Wildman–Crippen MR) is 53.3 cm³/mol. The molecule has 0 fully saturated rings. The molecule has 0 aliphatic rings. The normalized spacial score (nSPS) is 2.71. The molecule has 1 N–H and O–H groups in total. The van der Waals surface area contributed by atoms with E-state index >= 15 is 0 Å². The molecule has 0 heterocycles. The summed E-state index contributed by atoms with van der Waals surface area (Å²) < 4.78 is 45.0. The molecule has 0 atom stereocenters. The molecule has 0 amide bonds. The molecule has 0 spiro atoms. The molecule has 0 aromatic rings. The molecule has 116 valence electrons. The Hall–Kier alpha value is -1.29. The first kappa shape index (κ1) is 60.1. The number of aliphatic hydroxyl groups excluding tert-OH is 1. The van der Waals surface area contributed by atoms with E-state index in [2.05, 4.69) is 58.3 Å². The molecule has 9 heteroatoms. The average molecular weight is 382 g/mol. The maximum atomic E-state index is 8.08. The van der Waals surface area contributed by atoms with E-state index < -0.39 is 0 Å². The summed E-state index contributed by atoms with van der Waals surface area (Å²) in [6.07, 6.45) is 2.36. The van der Waals surface area contributed by atoms with Crippen LogP contribution in [0.3, 0.4) is 0 Å². The van der Waals surface area contributed by atoms with Gasteiger partial charge in [0.15, 0.2) is 0 Å². The summed E-state index contributed by atoms with van der Waals surface area (Å²) in [6.45, 7) is 30.4. The molecule has 0 aromatic carbocycles. The van der Waals surface area contributed by atoms with E-state index in [-0.39, 0.29) is 40.2 Å². The first-order valence-electron chi connectivity index (χ1n) is 3.31. The van der Waals surface area contributed by atoms with Gasteiger partial charge in [0.05, 0.1) is 0 Å². The van der Waals surface area contributed by atoms with Gasteiger partial charge < -0.3 is 5.11 Å². The van der Waals surface area contributed by atoms with Crippen molar-refractivity contribution >= 4 is 0 Å². The van der Waals surface area contributed by atoms with Crippen molar-refractivity contribution in [1.82, 2.24) is 0 Å². The smallest absolute Gasteiger partial charge is 0 e. The average Bonchev–Trinajstić information content (AvgIpc) is 2.59. The molecule has 0 saturated carbocycles. The summed E-state index contributed by atoms with van der Waals surface area (Å²) in [5.41, 5.74) is 0. The summed E-state index contributed by atoms with van der Waals surface area (Å²) in [5, 5.41) is 8.08. The van der Waals surface area contributed by atoms with Crippen LogP contribution in [0.5, 0.6) is 0 Å². The van der Waals surface area contributed by atoms with Crippen molar-refractivity contribution in [3.05, 3.63) is 52.6 Å². The third-order valence-electron chi connectivity index (χ3n) is 0.450. The zero-order valence-electron chi connectivity index (χ0n) is 10.3. The van der Waals surface area contributed by atoms with Gasteiger partial charge in [0.1, 0.15) is 6.61 Å². The van der Waals surface area contributed by atoms with Crippen LogP contribution in [0.15, 0.2) is 12.7 Å². The van der Waals surface area contributed by atoms with Gasteiger partial charge in [-0.3, -0.25) is 0 Å². The summed E-state index contributed by atoms with van der Waals surface area (Å²) in [6, 6.07) is 0. The van der Waals surface area contributed by atoms with Crippen molar-refractivity contribution < 1.29 is 66.6 Å². The second-order valence-corrected chi connectivity index (χ2v) is 1.00. The SMILES string of the molecule is C=CCC#CCO.[C-]#[O+].[C-]#[O+].[C-]#[O+].[C-]#[O+].[C-]#[O+].[C-]#[O+].[Co].[Co]. The van der Waals surface area contributed by atoms with Gasteiger partial charge in [-0.15, -0.1) is 6.58 Å². The van der Waals surface area contributed by atoms with Crippen LogP contribution in [0.2, 0.25) is 0 Å². The molecular formula is C12H8Co2O7. The quantitative estimate of drug-likeness (QED) is 0.297. The minimum atomic E-state index is -0.0478. The molecule has 0 aliphatic heterocycles. The van der Waals surface area contributed by atoms with Crippen molar-refractivity contribution in [1.29, 1.82) is 0 Å². The molecule has 21 heavy (non-hydrogen) atoms. The maximum absolute atomic E-state index is 8.08. The van der Waals surface area contributed by atoms with Crippen molar-refractivity contribution in [2.75, 3.05) is 6.61 Å². The predicted octanol–water partition coefficient (Wildman–Crippen LogP) is 0.328. The molecule has 0 aliphatic carbocycles. The Morgan fingerprint density at radius 3 is 1.10 bits per heavy atom. The monoisotopic (exact) mass is 382 g/mol. The first-order chi connectivity index (χ1) is 9.41. The molecule has 0 saturated heterocycles. The van der Waals surface area contributed by atoms with Crippen molar-refractivity contribution in [3.8, 4) is 11.8 Å². The van der Waals surface area contributed by atoms with E-state index in [4.69, 9.17) is 33.0 Å². The van der Waals surface area contributed by atoms with E-state index in [1.807, 2.05) is 0 Å². The fourth-order valence-corrected chi connectivity index (χ4v) is 0.200. The van der Waals surface area contributed by atoms with Gasteiger partial charge in [0.2, 0.25) is 0 Å². The van der Waals surface area contributed by atoms with Gasteiger partial charge in [-0.25, -0.2) is 0 Å². The van der Waals surface area contributed by atoms with Crippen LogP contribution in [-0.4, -0.2) is 11.7 Å². The Morgan fingerprint density at radius 2 is 0.952 bits per heavy atom. The molecule has 7 nitrogen and oxygen atoms in total. The number of hydrogen-bond acceptors (Lipinski definition) is 1. The van der Waals surface area contributed by atoms with E-state index in [9.17, 15) is 0 Å². The van der Waals surface area contributed by atoms with E-state index in [0.717, 1.165) is 0 Å². The van der Waals surface area contributed by atoms with Crippen LogP contribution in [0.25, 0.3) is 0 Å². The Bertz CT molecular complexity index is 256. The Morgan fingerprint density at radius 1 is 0.714 bits per heavy atom. The number of allylic oxidation sites excluding steroid dienone is 1. The van der Waals surface area contributed by atoms with Crippen LogP contribution in [0.4, 0.5) is 0 Å². The number of hydrogen-bond donors (Lipinski definition) is 1. The van der Waals surface area contributed by atoms with Crippen molar-refractivity contribution in [3.63, 3.8) is 0 Å². The summed E-state index contributed by atoms with van der Waals surface area (Å²) in [4.78, 5) is 0. The van der Waals surface area contributed by atoms with Gasteiger partial charge in [-0.1, -0.05) is 17.9 Å². The molecule has 0 unspecified atom stereocenters. The molecule has 0 bridgehead atoms. The zero-order valence-corrected chi connectivity index (χ0v) is 12.3. The van der Waals surface area contributed by atoms with E-state index in [1.165, 1.54) is 0 Å². The summed E-state index contributed by atoms with van der Waals surface area (Å²) in [5.74, 6) is 5.15. The van der Waals surface area contributed by atoms with Gasteiger partial charge in [0.25, 0.3) is 0 Å².